The van der Waals surface area contributed by atoms with Crippen LogP contribution in [0.5, 0.6) is 0 Å². The maximum absolute atomic E-state index is 12.1. The third-order valence-electron chi connectivity index (χ3n) is 3.38. The molecule has 17 heavy (non-hydrogen) atoms. The van der Waals surface area contributed by atoms with E-state index in [9.17, 15) is 8.42 Å². The fourth-order valence-electron chi connectivity index (χ4n) is 2.19. The molecule has 4 nitrogen and oxygen atoms in total. The van der Waals surface area contributed by atoms with Crippen molar-refractivity contribution in [1.29, 1.82) is 0 Å². The highest BCUT2D eigenvalue weighted by atomic mass is 32.2. The molecule has 102 valence electrons. The van der Waals surface area contributed by atoms with Crippen LogP contribution in [0, 0.1) is 5.92 Å². The molecule has 0 amide bonds. The Labute approximate surface area is 109 Å². The summed E-state index contributed by atoms with van der Waals surface area (Å²) in [7, 11) is -3.07. The highest BCUT2D eigenvalue weighted by molar-refractivity contribution is 8.00. The van der Waals surface area contributed by atoms with Crippen molar-refractivity contribution < 1.29 is 8.42 Å². The number of rotatable bonds is 5. The lowest BCUT2D eigenvalue weighted by molar-refractivity contribution is 0.300. The molecule has 0 aromatic carbocycles. The monoisotopic (exact) mass is 280 g/mol. The average Bonchev–Trinajstić information content (AvgIpc) is 2.27. The van der Waals surface area contributed by atoms with Gasteiger partial charge < -0.3 is 5.73 Å². The maximum Gasteiger partial charge on any atom is 0.214 e. The first-order valence-electron chi connectivity index (χ1n) is 6.08. The predicted molar refractivity (Wildman–Crippen MR) is 74.7 cm³/mol. The van der Waals surface area contributed by atoms with Gasteiger partial charge >= 0.3 is 0 Å². The summed E-state index contributed by atoms with van der Waals surface area (Å²) < 4.78 is 25.9. The summed E-state index contributed by atoms with van der Waals surface area (Å²) >= 11 is 1.77. The van der Waals surface area contributed by atoms with Gasteiger partial charge in [0.2, 0.25) is 10.0 Å². The van der Waals surface area contributed by atoms with E-state index < -0.39 is 10.0 Å². The second-order valence-corrected chi connectivity index (χ2v) is 8.45. The lowest BCUT2D eigenvalue weighted by atomic mass is 9.97. The van der Waals surface area contributed by atoms with Crippen molar-refractivity contribution in [2.75, 3.05) is 31.6 Å². The second kappa shape index (κ2) is 5.91. The summed E-state index contributed by atoms with van der Waals surface area (Å²) in [4.78, 5) is 0. The van der Waals surface area contributed by atoms with Gasteiger partial charge in [-0.25, -0.2) is 12.7 Å². The highest BCUT2D eigenvalue weighted by Crippen LogP contribution is 2.34. The van der Waals surface area contributed by atoms with Crippen molar-refractivity contribution in [2.24, 2.45) is 11.7 Å². The number of thioether (sulfide) groups is 1. The molecule has 1 aliphatic rings. The van der Waals surface area contributed by atoms with E-state index >= 15 is 0 Å². The van der Waals surface area contributed by atoms with E-state index in [0.717, 1.165) is 12.8 Å². The van der Waals surface area contributed by atoms with Crippen LogP contribution in [0.15, 0.2) is 0 Å². The van der Waals surface area contributed by atoms with Gasteiger partial charge in [0.25, 0.3) is 0 Å². The number of nitrogens with zero attached hydrogens (tertiary/aromatic N) is 1. The van der Waals surface area contributed by atoms with E-state index in [2.05, 4.69) is 6.26 Å². The summed E-state index contributed by atoms with van der Waals surface area (Å²) in [5.41, 5.74) is 5.80. The smallest absolute Gasteiger partial charge is 0.214 e. The van der Waals surface area contributed by atoms with Crippen molar-refractivity contribution in [2.45, 2.75) is 31.4 Å². The van der Waals surface area contributed by atoms with Crippen LogP contribution in [0.1, 0.15) is 26.7 Å². The molecular weight excluding hydrogens is 256 g/mol. The Morgan fingerprint density at radius 1 is 1.35 bits per heavy atom. The van der Waals surface area contributed by atoms with Gasteiger partial charge in [0, 0.05) is 24.4 Å². The third-order valence-corrected chi connectivity index (χ3v) is 7.06. The standard InChI is InChI=1S/C11H24N2O2S2/c1-10(2)8-17(14,15)13-6-4-11(9-12,16-3)5-7-13/h10H,4-9,12H2,1-3H3. The first kappa shape index (κ1) is 15.3. The van der Waals surface area contributed by atoms with E-state index in [4.69, 9.17) is 5.73 Å². The van der Waals surface area contributed by atoms with Crippen LogP contribution in [0.2, 0.25) is 0 Å². The Bertz CT molecular complexity index is 327. The van der Waals surface area contributed by atoms with Crippen molar-refractivity contribution in [3.63, 3.8) is 0 Å². The number of nitrogens with two attached hydrogens (primary N) is 1. The van der Waals surface area contributed by atoms with Crippen LogP contribution in [0.25, 0.3) is 0 Å². The lowest BCUT2D eigenvalue weighted by Gasteiger charge is -2.39. The Hall–Kier alpha value is 0.220. The molecule has 0 aromatic heterocycles. The third kappa shape index (κ3) is 3.84. The summed E-state index contributed by atoms with van der Waals surface area (Å²) in [6.07, 6.45) is 3.79. The SMILES string of the molecule is CSC1(CN)CCN(S(=O)(=O)CC(C)C)CC1. The first-order valence-corrected chi connectivity index (χ1v) is 8.92. The van der Waals surface area contributed by atoms with Crippen LogP contribution in [0.3, 0.4) is 0 Å². The van der Waals surface area contributed by atoms with Gasteiger partial charge in [-0.05, 0) is 25.0 Å². The van der Waals surface area contributed by atoms with Crippen LogP contribution in [-0.4, -0.2) is 49.1 Å². The molecule has 0 aliphatic carbocycles. The predicted octanol–water partition coefficient (Wildman–Crippen LogP) is 1.13. The fraction of sp³-hybridized carbons (Fsp3) is 1.00. The number of hydrogen-bond acceptors (Lipinski definition) is 4. The maximum atomic E-state index is 12.1. The number of piperidine rings is 1. The molecule has 1 saturated heterocycles. The second-order valence-electron chi connectivity index (χ2n) is 5.16. The molecule has 1 aliphatic heterocycles. The van der Waals surface area contributed by atoms with Gasteiger partial charge in [-0.2, -0.15) is 11.8 Å². The van der Waals surface area contributed by atoms with Gasteiger partial charge in [-0.15, -0.1) is 0 Å². The van der Waals surface area contributed by atoms with Crippen molar-refractivity contribution >= 4 is 21.8 Å². The molecule has 1 fully saturated rings. The topological polar surface area (TPSA) is 63.4 Å². The molecule has 0 spiro atoms. The average molecular weight is 280 g/mol. The summed E-state index contributed by atoms with van der Waals surface area (Å²) in [5.74, 6) is 0.434. The minimum atomic E-state index is -3.07. The minimum Gasteiger partial charge on any atom is -0.329 e. The number of hydrogen-bond donors (Lipinski definition) is 1. The lowest BCUT2D eigenvalue weighted by Crippen LogP contribution is -2.49. The minimum absolute atomic E-state index is 0.0872. The molecule has 2 N–H and O–H groups in total. The molecule has 0 radical (unpaired) electrons. The Morgan fingerprint density at radius 3 is 2.24 bits per heavy atom. The van der Waals surface area contributed by atoms with Crippen molar-refractivity contribution in [3.05, 3.63) is 0 Å². The largest absolute Gasteiger partial charge is 0.329 e. The Balaban J connectivity index is 2.63. The fourth-order valence-corrected chi connectivity index (χ4v) is 4.74. The van der Waals surface area contributed by atoms with Crippen LogP contribution < -0.4 is 5.73 Å². The number of sulfonamides is 1. The van der Waals surface area contributed by atoms with E-state index in [0.29, 0.717) is 19.6 Å². The highest BCUT2D eigenvalue weighted by Gasteiger charge is 2.36. The van der Waals surface area contributed by atoms with Crippen LogP contribution >= 0.6 is 11.8 Å². The molecule has 0 unspecified atom stereocenters. The molecule has 1 rings (SSSR count). The van der Waals surface area contributed by atoms with E-state index in [1.807, 2.05) is 13.8 Å². The zero-order valence-electron chi connectivity index (χ0n) is 11.0. The summed E-state index contributed by atoms with van der Waals surface area (Å²) in [5, 5.41) is 0. The zero-order chi connectivity index (χ0) is 13.1. The van der Waals surface area contributed by atoms with E-state index in [-0.39, 0.29) is 16.4 Å². The Morgan fingerprint density at radius 2 is 1.88 bits per heavy atom. The zero-order valence-corrected chi connectivity index (χ0v) is 12.6. The molecule has 6 heteroatoms. The van der Waals surface area contributed by atoms with Crippen molar-refractivity contribution in [1.82, 2.24) is 4.31 Å². The molecule has 0 bridgehead atoms. The first-order chi connectivity index (χ1) is 7.85. The normalized spacial score (nSPS) is 21.9. The Kier molecular flexibility index (Phi) is 5.31. The van der Waals surface area contributed by atoms with Crippen molar-refractivity contribution in [3.8, 4) is 0 Å². The van der Waals surface area contributed by atoms with Gasteiger partial charge in [0.15, 0.2) is 0 Å². The molecule has 0 saturated carbocycles. The van der Waals surface area contributed by atoms with Gasteiger partial charge in [-0.3, -0.25) is 0 Å². The van der Waals surface area contributed by atoms with Crippen LogP contribution in [-0.2, 0) is 10.0 Å². The van der Waals surface area contributed by atoms with Gasteiger partial charge in [-0.1, -0.05) is 13.8 Å². The molecule has 0 atom stereocenters. The summed E-state index contributed by atoms with van der Waals surface area (Å²) in [6, 6.07) is 0. The van der Waals surface area contributed by atoms with Gasteiger partial charge in [0.05, 0.1) is 5.75 Å². The molecular formula is C11H24N2O2S2. The quantitative estimate of drug-likeness (QED) is 0.820. The summed E-state index contributed by atoms with van der Waals surface area (Å²) in [6.45, 7) is 5.74. The molecule has 1 heterocycles. The van der Waals surface area contributed by atoms with E-state index in [1.54, 1.807) is 16.1 Å². The molecule has 0 aromatic rings. The van der Waals surface area contributed by atoms with E-state index in [1.165, 1.54) is 0 Å². The van der Waals surface area contributed by atoms with Crippen LogP contribution in [0.4, 0.5) is 0 Å². The van der Waals surface area contributed by atoms with Gasteiger partial charge in [0.1, 0.15) is 0 Å².